The topological polar surface area (TPSA) is 18.5 Å². The predicted molar refractivity (Wildman–Crippen MR) is 87.9 cm³/mol. The zero-order valence-corrected chi connectivity index (χ0v) is 13.1. The Morgan fingerprint density at radius 1 is 1.19 bits per heavy atom. The van der Waals surface area contributed by atoms with E-state index in [1.54, 1.807) is 0 Å². The minimum absolute atomic E-state index is 0.666. The summed E-state index contributed by atoms with van der Waals surface area (Å²) in [5, 5.41) is 3.57. The van der Waals surface area contributed by atoms with Gasteiger partial charge in [-0.1, -0.05) is 24.6 Å². The summed E-state index contributed by atoms with van der Waals surface area (Å²) in [5.74, 6) is 0.666. The van der Waals surface area contributed by atoms with Crippen LogP contribution in [0, 0.1) is 0 Å². The number of hydrogen-bond acceptors (Lipinski definition) is 3. The SMILES string of the molecule is CC1CN2CCCCC2CN1CC1CNc2ccccc21. The average molecular weight is 285 g/mol. The minimum Gasteiger partial charge on any atom is -0.384 e. The molecule has 21 heavy (non-hydrogen) atoms. The number of piperidine rings is 1. The van der Waals surface area contributed by atoms with E-state index in [0.717, 1.165) is 12.6 Å². The molecule has 0 saturated carbocycles. The Balaban J connectivity index is 1.45. The van der Waals surface area contributed by atoms with Crippen LogP contribution in [0.3, 0.4) is 0 Å². The van der Waals surface area contributed by atoms with Gasteiger partial charge in [0.25, 0.3) is 0 Å². The monoisotopic (exact) mass is 285 g/mol. The second kappa shape index (κ2) is 5.62. The van der Waals surface area contributed by atoms with Gasteiger partial charge in [-0.05, 0) is 37.9 Å². The zero-order valence-electron chi connectivity index (χ0n) is 13.1. The highest BCUT2D eigenvalue weighted by molar-refractivity contribution is 5.57. The van der Waals surface area contributed by atoms with Gasteiger partial charge in [0.15, 0.2) is 0 Å². The molecule has 0 radical (unpaired) electrons. The van der Waals surface area contributed by atoms with Crippen LogP contribution in [0.1, 0.15) is 37.7 Å². The molecule has 1 N–H and O–H groups in total. The average Bonchev–Trinajstić information content (AvgIpc) is 2.91. The summed E-state index contributed by atoms with van der Waals surface area (Å²) >= 11 is 0. The second-order valence-corrected chi connectivity index (χ2v) is 7.11. The van der Waals surface area contributed by atoms with Gasteiger partial charge in [-0.25, -0.2) is 0 Å². The van der Waals surface area contributed by atoms with Crippen LogP contribution in [0.5, 0.6) is 0 Å². The lowest BCUT2D eigenvalue weighted by molar-refractivity contribution is 0.0131. The van der Waals surface area contributed by atoms with Crippen LogP contribution in [-0.2, 0) is 0 Å². The van der Waals surface area contributed by atoms with E-state index in [4.69, 9.17) is 0 Å². The number of rotatable bonds is 2. The number of nitrogens with zero attached hydrogens (tertiary/aromatic N) is 2. The largest absolute Gasteiger partial charge is 0.384 e. The Morgan fingerprint density at radius 3 is 3.05 bits per heavy atom. The fourth-order valence-electron chi connectivity index (χ4n) is 4.47. The van der Waals surface area contributed by atoms with Gasteiger partial charge in [0.2, 0.25) is 0 Å². The van der Waals surface area contributed by atoms with Crippen molar-refractivity contribution in [2.45, 2.75) is 44.2 Å². The van der Waals surface area contributed by atoms with E-state index >= 15 is 0 Å². The Bertz CT molecular complexity index is 501. The van der Waals surface area contributed by atoms with E-state index in [9.17, 15) is 0 Å². The Labute approximate surface area is 128 Å². The van der Waals surface area contributed by atoms with Crippen molar-refractivity contribution in [1.82, 2.24) is 9.80 Å². The molecule has 3 aliphatic heterocycles. The van der Waals surface area contributed by atoms with Crippen LogP contribution >= 0.6 is 0 Å². The molecule has 2 saturated heterocycles. The highest BCUT2D eigenvalue weighted by Crippen LogP contribution is 2.33. The first kappa shape index (κ1) is 13.6. The summed E-state index contributed by atoms with van der Waals surface area (Å²) in [4.78, 5) is 5.49. The molecule has 3 unspecified atom stereocenters. The predicted octanol–water partition coefficient (Wildman–Crippen LogP) is 2.75. The molecular formula is C18H27N3. The first-order valence-electron chi connectivity index (χ1n) is 8.62. The van der Waals surface area contributed by atoms with Gasteiger partial charge in [0.1, 0.15) is 0 Å². The summed E-state index contributed by atoms with van der Waals surface area (Å²) in [6, 6.07) is 10.4. The number of para-hydroxylation sites is 1. The molecule has 2 fully saturated rings. The van der Waals surface area contributed by atoms with Crippen molar-refractivity contribution >= 4 is 5.69 Å². The molecule has 1 aromatic rings. The lowest BCUT2D eigenvalue weighted by atomic mass is 9.94. The Kier molecular flexibility index (Phi) is 3.64. The molecule has 4 rings (SSSR count). The van der Waals surface area contributed by atoms with Gasteiger partial charge in [-0.15, -0.1) is 0 Å². The van der Waals surface area contributed by atoms with E-state index in [1.807, 2.05) is 0 Å². The van der Waals surface area contributed by atoms with Crippen LogP contribution in [0.15, 0.2) is 24.3 Å². The number of anilines is 1. The normalized spacial score (nSPS) is 33.3. The zero-order chi connectivity index (χ0) is 14.2. The van der Waals surface area contributed by atoms with Gasteiger partial charge in [0, 0.05) is 49.9 Å². The minimum atomic E-state index is 0.666. The standard InChI is InChI=1S/C18H27N3/c1-14-11-20-9-5-4-6-16(20)13-21(14)12-15-10-19-18-8-3-2-7-17(15)18/h2-3,7-8,14-16,19H,4-6,9-13H2,1H3. The first-order chi connectivity index (χ1) is 10.3. The van der Waals surface area contributed by atoms with E-state index in [-0.39, 0.29) is 0 Å². The second-order valence-electron chi connectivity index (χ2n) is 7.11. The van der Waals surface area contributed by atoms with Gasteiger partial charge in [-0.3, -0.25) is 9.80 Å². The smallest absolute Gasteiger partial charge is 0.0376 e. The fourth-order valence-corrected chi connectivity index (χ4v) is 4.47. The number of piperazine rings is 1. The van der Waals surface area contributed by atoms with Crippen molar-refractivity contribution in [3.63, 3.8) is 0 Å². The Morgan fingerprint density at radius 2 is 2.10 bits per heavy atom. The van der Waals surface area contributed by atoms with Crippen LogP contribution < -0.4 is 5.32 Å². The summed E-state index contributed by atoms with van der Waals surface area (Å²) in [6.45, 7) is 8.62. The number of hydrogen-bond donors (Lipinski definition) is 1. The maximum atomic E-state index is 3.57. The lowest BCUT2D eigenvalue weighted by Gasteiger charge is -2.48. The molecule has 3 aliphatic rings. The van der Waals surface area contributed by atoms with Crippen molar-refractivity contribution in [3.8, 4) is 0 Å². The molecular weight excluding hydrogens is 258 g/mol. The number of benzene rings is 1. The maximum Gasteiger partial charge on any atom is 0.0376 e. The number of fused-ring (bicyclic) bond motifs is 2. The third-order valence-electron chi connectivity index (χ3n) is 5.71. The third-order valence-corrected chi connectivity index (χ3v) is 5.71. The van der Waals surface area contributed by atoms with Crippen LogP contribution in [0.2, 0.25) is 0 Å². The molecule has 0 bridgehead atoms. The highest BCUT2D eigenvalue weighted by Gasteiger charge is 2.34. The first-order valence-corrected chi connectivity index (χ1v) is 8.62. The number of nitrogens with one attached hydrogen (secondary N) is 1. The molecule has 114 valence electrons. The fraction of sp³-hybridized carbons (Fsp3) is 0.667. The molecule has 0 aliphatic carbocycles. The summed E-state index contributed by atoms with van der Waals surface area (Å²) < 4.78 is 0. The molecule has 3 heterocycles. The quantitative estimate of drug-likeness (QED) is 0.901. The summed E-state index contributed by atoms with van der Waals surface area (Å²) in [7, 11) is 0. The molecule has 3 atom stereocenters. The molecule has 1 aromatic carbocycles. The van der Waals surface area contributed by atoms with Gasteiger partial charge >= 0.3 is 0 Å². The van der Waals surface area contributed by atoms with E-state index in [0.29, 0.717) is 12.0 Å². The molecule has 0 amide bonds. The van der Waals surface area contributed by atoms with Gasteiger partial charge in [-0.2, -0.15) is 0 Å². The van der Waals surface area contributed by atoms with Crippen molar-refractivity contribution in [2.24, 2.45) is 0 Å². The molecule has 3 nitrogen and oxygen atoms in total. The van der Waals surface area contributed by atoms with Crippen molar-refractivity contribution < 1.29 is 0 Å². The molecule has 0 aromatic heterocycles. The van der Waals surface area contributed by atoms with Crippen molar-refractivity contribution in [1.29, 1.82) is 0 Å². The summed E-state index contributed by atoms with van der Waals surface area (Å²) in [6.07, 6.45) is 4.24. The van der Waals surface area contributed by atoms with E-state index < -0.39 is 0 Å². The highest BCUT2D eigenvalue weighted by atomic mass is 15.3. The van der Waals surface area contributed by atoms with Gasteiger partial charge in [0.05, 0.1) is 0 Å². The van der Waals surface area contributed by atoms with Crippen molar-refractivity contribution in [2.75, 3.05) is 38.0 Å². The van der Waals surface area contributed by atoms with Crippen molar-refractivity contribution in [3.05, 3.63) is 29.8 Å². The van der Waals surface area contributed by atoms with E-state index in [2.05, 4.69) is 46.3 Å². The Hall–Kier alpha value is -1.06. The van der Waals surface area contributed by atoms with Crippen LogP contribution in [0.25, 0.3) is 0 Å². The maximum absolute atomic E-state index is 3.57. The summed E-state index contributed by atoms with van der Waals surface area (Å²) in [5.41, 5.74) is 2.88. The van der Waals surface area contributed by atoms with Gasteiger partial charge < -0.3 is 5.32 Å². The molecule has 0 spiro atoms. The lowest BCUT2D eigenvalue weighted by Crippen LogP contribution is -2.59. The third kappa shape index (κ3) is 2.58. The van der Waals surface area contributed by atoms with Crippen LogP contribution in [-0.4, -0.2) is 54.6 Å². The molecule has 3 heteroatoms. The van der Waals surface area contributed by atoms with Crippen LogP contribution in [0.4, 0.5) is 5.69 Å². The van der Waals surface area contributed by atoms with E-state index in [1.165, 1.54) is 56.7 Å².